The number of rotatable bonds is 7. The minimum Gasteiger partial charge on any atom is -0.314 e. The second-order valence-electron chi connectivity index (χ2n) is 4.89. The van der Waals surface area contributed by atoms with Crippen LogP contribution >= 0.6 is 0 Å². The molecule has 0 spiro atoms. The van der Waals surface area contributed by atoms with E-state index in [4.69, 9.17) is 0 Å². The normalized spacial score (nSPS) is 13.5. The highest BCUT2D eigenvalue weighted by atomic mass is 19.4. The summed E-state index contributed by atoms with van der Waals surface area (Å²) in [5.41, 5.74) is 2.40. The average molecular weight is 273 g/mol. The number of benzene rings is 1. The van der Waals surface area contributed by atoms with Crippen molar-refractivity contribution in [3.8, 4) is 0 Å². The molecule has 1 unspecified atom stereocenters. The van der Waals surface area contributed by atoms with Crippen LogP contribution in [-0.2, 0) is 6.42 Å². The van der Waals surface area contributed by atoms with Crippen LogP contribution < -0.4 is 5.32 Å². The van der Waals surface area contributed by atoms with Gasteiger partial charge in [-0.3, -0.25) is 0 Å². The SMILES string of the molecule is CCNC(CCCC(F)(F)F)Cc1ccccc1C. The zero-order valence-corrected chi connectivity index (χ0v) is 11.6. The highest BCUT2D eigenvalue weighted by Gasteiger charge is 2.26. The summed E-state index contributed by atoms with van der Waals surface area (Å²) in [6, 6.07) is 8.15. The van der Waals surface area contributed by atoms with E-state index in [-0.39, 0.29) is 12.5 Å². The lowest BCUT2D eigenvalue weighted by atomic mass is 9.97. The van der Waals surface area contributed by atoms with Gasteiger partial charge in [-0.25, -0.2) is 0 Å². The smallest absolute Gasteiger partial charge is 0.314 e. The lowest BCUT2D eigenvalue weighted by Gasteiger charge is -2.19. The quantitative estimate of drug-likeness (QED) is 0.783. The van der Waals surface area contributed by atoms with Crippen molar-refractivity contribution in [2.45, 2.75) is 51.7 Å². The molecule has 0 aromatic heterocycles. The van der Waals surface area contributed by atoms with Crippen LogP contribution in [0.5, 0.6) is 0 Å². The van der Waals surface area contributed by atoms with Crippen molar-refractivity contribution in [3.05, 3.63) is 35.4 Å². The summed E-state index contributed by atoms with van der Waals surface area (Å²) in [6.07, 6.45) is -3.20. The Bertz CT molecular complexity index is 374. The van der Waals surface area contributed by atoms with Crippen LogP contribution in [0.15, 0.2) is 24.3 Å². The fourth-order valence-corrected chi connectivity index (χ4v) is 2.22. The summed E-state index contributed by atoms with van der Waals surface area (Å²) in [6.45, 7) is 4.80. The summed E-state index contributed by atoms with van der Waals surface area (Å²) in [5, 5.41) is 3.28. The molecular weight excluding hydrogens is 251 g/mol. The minimum absolute atomic E-state index is 0.119. The van der Waals surface area contributed by atoms with E-state index in [1.54, 1.807) is 0 Å². The molecule has 0 fully saturated rings. The van der Waals surface area contributed by atoms with Crippen LogP contribution in [0.4, 0.5) is 13.2 Å². The van der Waals surface area contributed by atoms with Gasteiger partial charge >= 0.3 is 6.18 Å². The molecule has 1 rings (SSSR count). The van der Waals surface area contributed by atoms with E-state index in [9.17, 15) is 13.2 Å². The summed E-state index contributed by atoms with van der Waals surface area (Å²) < 4.78 is 36.5. The van der Waals surface area contributed by atoms with Crippen LogP contribution in [0.1, 0.15) is 37.3 Å². The number of nitrogens with one attached hydrogen (secondary N) is 1. The molecule has 0 radical (unpaired) electrons. The predicted octanol–water partition coefficient (Wildman–Crippen LogP) is 4.25. The van der Waals surface area contributed by atoms with Gasteiger partial charge in [0.2, 0.25) is 0 Å². The number of halogens is 3. The first-order valence-corrected chi connectivity index (χ1v) is 6.77. The molecule has 0 bridgehead atoms. The molecule has 0 aliphatic rings. The lowest BCUT2D eigenvalue weighted by Crippen LogP contribution is -2.31. The van der Waals surface area contributed by atoms with Gasteiger partial charge in [0.25, 0.3) is 0 Å². The molecule has 1 aromatic rings. The molecule has 0 saturated heterocycles. The number of aryl methyl sites for hydroxylation is 1. The van der Waals surface area contributed by atoms with Crippen molar-refractivity contribution in [3.63, 3.8) is 0 Å². The van der Waals surface area contributed by atoms with Crippen molar-refractivity contribution in [2.24, 2.45) is 0 Å². The Kier molecular flexibility index (Phi) is 6.35. The lowest BCUT2D eigenvalue weighted by molar-refractivity contribution is -0.135. The van der Waals surface area contributed by atoms with Gasteiger partial charge in [-0.15, -0.1) is 0 Å². The second-order valence-corrected chi connectivity index (χ2v) is 4.89. The summed E-state index contributed by atoms with van der Waals surface area (Å²) in [7, 11) is 0. The number of alkyl halides is 3. The summed E-state index contributed by atoms with van der Waals surface area (Å²) in [5.74, 6) is 0. The standard InChI is InChI=1S/C15H22F3N/c1-3-19-14(9-6-10-15(16,17)18)11-13-8-5-4-7-12(13)2/h4-5,7-8,14,19H,3,6,9-11H2,1-2H3. The van der Waals surface area contributed by atoms with Crippen LogP contribution in [-0.4, -0.2) is 18.8 Å². The largest absolute Gasteiger partial charge is 0.389 e. The fourth-order valence-electron chi connectivity index (χ4n) is 2.22. The Hall–Kier alpha value is -1.03. The molecule has 0 heterocycles. The van der Waals surface area contributed by atoms with Crippen LogP contribution in [0, 0.1) is 6.92 Å². The van der Waals surface area contributed by atoms with E-state index >= 15 is 0 Å². The van der Waals surface area contributed by atoms with Crippen molar-refractivity contribution >= 4 is 0 Å². The predicted molar refractivity (Wildman–Crippen MR) is 72.3 cm³/mol. The van der Waals surface area contributed by atoms with E-state index in [1.807, 2.05) is 38.1 Å². The van der Waals surface area contributed by atoms with E-state index < -0.39 is 12.6 Å². The van der Waals surface area contributed by atoms with Gasteiger partial charge in [-0.2, -0.15) is 13.2 Å². The first kappa shape index (κ1) is 16.0. The fraction of sp³-hybridized carbons (Fsp3) is 0.600. The maximum Gasteiger partial charge on any atom is 0.389 e. The Balaban J connectivity index is 2.51. The maximum atomic E-state index is 12.2. The van der Waals surface area contributed by atoms with Crippen LogP contribution in [0.25, 0.3) is 0 Å². The van der Waals surface area contributed by atoms with Gasteiger partial charge < -0.3 is 5.32 Å². The van der Waals surface area contributed by atoms with Crippen molar-refractivity contribution in [1.82, 2.24) is 5.32 Å². The third-order valence-electron chi connectivity index (χ3n) is 3.23. The Morgan fingerprint density at radius 2 is 1.89 bits per heavy atom. The topological polar surface area (TPSA) is 12.0 Å². The van der Waals surface area contributed by atoms with Crippen LogP contribution in [0.3, 0.4) is 0 Å². The van der Waals surface area contributed by atoms with Gasteiger partial charge in [-0.1, -0.05) is 31.2 Å². The molecule has 1 aromatic carbocycles. The Morgan fingerprint density at radius 3 is 2.47 bits per heavy atom. The molecule has 0 aliphatic heterocycles. The first-order valence-electron chi connectivity index (χ1n) is 6.77. The summed E-state index contributed by atoms with van der Waals surface area (Å²) >= 11 is 0. The van der Waals surface area contributed by atoms with E-state index in [2.05, 4.69) is 5.32 Å². The zero-order chi connectivity index (χ0) is 14.3. The van der Waals surface area contributed by atoms with Gasteiger partial charge in [0.15, 0.2) is 0 Å². The minimum atomic E-state index is -4.04. The third kappa shape index (κ3) is 6.62. The molecule has 0 aliphatic carbocycles. The third-order valence-corrected chi connectivity index (χ3v) is 3.23. The average Bonchev–Trinajstić information content (AvgIpc) is 2.30. The molecule has 1 nitrogen and oxygen atoms in total. The van der Waals surface area contributed by atoms with Gasteiger partial charge in [0, 0.05) is 12.5 Å². The highest BCUT2D eigenvalue weighted by molar-refractivity contribution is 5.26. The molecule has 19 heavy (non-hydrogen) atoms. The Morgan fingerprint density at radius 1 is 1.21 bits per heavy atom. The first-order chi connectivity index (χ1) is 8.92. The van der Waals surface area contributed by atoms with Gasteiger partial charge in [-0.05, 0) is 43.9 Å². The molecular formula is C15H22F3N. The Labute approximate surface area is 113 Å². The van der Waals surface area contributed by atoms with E-state index in [0.29, 0.717) is 6.42 Å². The molecule has 4 heteroatoms. The van der Waals surface area contributed by atoms with Gasteiger partial charge in [0.05, 0.1) is 0 Å². The van der Waals surface area contributed by atoms with E-state index in [1.165, 1.54) is 11.1 Å². The number of hydrogen-bond donors (Lipinski definition) is 1. The monoisotopic (exact) mass is 273 g/mol. The second kappa shape index (κ2) is 7.53. The van der Waals surface area contributed by atoms with E-state index in [0.717, 1.165) is 13.0 Å². The molecule has 1 atom stereocenters. The van der Waals surface area contributed by atoms with Crippen LogP contribution in [0.2, 0.25) is 0 Å². The molecule has 0 amide bonds. The molecule has 0 saturated carbocycles. The number of likely N-dealkylation sites (N-methyl/N-ethyl adjacent to an activating group) is 1. The van der Waals surface area contributed by atoms with Crippen molar-refractivity contribution < 1.29 is 13.2 Å². The van der Waals surface area contributed by atoms with Crippen molar-refractivity contribution in [1.29, 1.82) is 0 Å². The van der Waals surface area contributed by atoms with Crippen molar-refractivity contribution in [2.75, 3.05) is 6.54 Å². The van der Waals surface area contributed by atoms with Gasteiger partial charge in [0.1, 0.15) is 0 Å². The zero-order valence-electron chi connectivity index (χ0n) is 11.6. The highest BCUT2D eigenvalue weighted by Crippen LogP contribution is 2.23. The number of hydrogen-bond acceptors (Lipinski definition) is 1. The molecule has 1 N–H and O–H groups in total. The molecule has 108 valence electrons. The summed E-state index contributed by atoms with van der Waals surface area (Å²) in [4.78, 5) is 0. The maximum absolute atomic E-state index is 12.2.